The Morgan fingerprint density at radius 1 is 0.943 bits per heavy atom. The molecule has 4 aromatic rings. The number of halogens is 1. The third kappa shape index (κ3) is 8.16. The van der Waals surface area contributed by atoms with Gasteiger partial charge in [-0.25, -0.2) is 9.59 Å². The second kappa shape index (κ2) is 13.2. The Hall–Kier alpha value is -3.82. The molecule has 0 unspecified atom stereocenters. The molecule has 0 fully saturated rings. The Bertz CT molecular complexity index is 1320. The number of aryl methyl sites for hydroxylation is 1. The highest BCUT2D eigenvalue weighted by Gasteiger charge is 2.08. The minimum atomic E-state index is -0.770. The van der Waals surface area contributed by atoms with Crippen molar-refractivity contribution >= 4 is 50.4 Å². The predicted molar refractivity (Wildman–Crippen MR) is 136 cm³/mol. The summed E-state index contributed by atoms with van der Waals surface area (Å²) < 4.78 is 12.7. The van der Waals surface area contributed by atoms with Crippen molar-refractivity contribution in [3.05, 3.63) is 94.8 Å². The van der Waals surface area contributed by atoms with Crippen molar-refractivity contribution in [1.82, 2.24) is 4.57 Å². The van der Waals surface area contributed by atoms with Crippen LogP contribution in [0, 0.1) is 0 Å². The molecule has 0 aliphatic rings. The fourth-order valence-corrected chi connectivity index (χ4v) is 4.06. The zero-order valence-electron chi connectivity index (χ0n) is 19.1. The highest BCUT2D eigenvalue weighted by molar-refractivity contribution is 7.16. The molecule has 0 radical (unpaired) electrons. The second-order valence-electron chi connectivity index (χ2n) is 7.10. The number of nitrogens with zero attached hydrogens (tertiary/aromatic N) is 2. The lowest BCUT2D eigenvalue weighted by Crippen LogP contribution is -2.13. The minimum Gasteiger partial charge on any atom is -0.449 e. The van der Waals surface area contributed by atoms with Crippen molar-refractivity contribution in [3.8, 4) is 0 Å². The van der Waals surface area contributed by atoms with E-state index in [4.69, 9.17) is 21.2 Å². The van der Waals surface area contributed by atoms with Crippen LogP contribution in [0.4, 0.5) is 15.3 Å². The summed E-state index contributed by atoms with van der Waals surface area (Å²) in [6.45, 7) is 0.475. The minimum absolute atomic E-state index is 0.236. The number of hydrogen-bond acceptors (Lipinski definition) is 7. The van der Waals surface area contributed by atoms with Crippen molar-refractivity contribution in [2.75, 3.05) is 12.4 Å². The molecule has 0 saturated carbocycles. The molecule has 1 N–H and O–H groups in total. The first-order valence-electron chi connectivity index (χ1n) is 10.5. The Morgan fingerprint density at radius 2 is 1.54 bits per heavy atom. The Balaban J connectivity index is 0.000000261. The largest absolute Gasteiger partial charge is 0.449 e. The van der Waals surface area contributed by atoms with Gasteiger partial charge in [-0.3, -0.25) is 5.32 Å². The van der Waals surface area contributed by atoms with Crippen LogP contribution in [0.1, 0.15) is 11.1 Å². The number of rotatable bonds is 6. The van der Waals surface area contributed by atoms with Gasteiger partial charge >= 0.3 is 11.5 Å². The Kier molecular flexibility index (Phi) is 9.70. The lowest BCUT2D eigenvalue weighted by molar-refractivity contribution is 0.155. The fourth-order valence-electron chi connectivity index (χ4n) is 2.97. The first kappa shape index (κ1) is 25.8. The standard InChI is InChI=1S/C17H17N3O3S.C8H7ClO2/c1-20-14-9-8-13(10-15(14)24-16(20)19-22-2)18-17(21)23-11-12-6-4-3-5-7-12;9-8(10)11-6-7-4-2-1-3-5-7/h3-10H,11H2,1-2H3,(H,18,21);1-5H,6H2/b19-16+;. The average molecular weight is 514 g/mol. The lowest BCUT2D eigenvalue weighted by Gasteiger charge is -2.07. The van der Waals surface area contributed by atoms with Crippen LogP contribution in [0.25, 0.3) is 10.2 Å². The van der Waals surface area contributed by atoms with Crippen LogP contribution < -0.4 is 10.1 Å². The van der Waals surface area contributed by atoms with Crippen molar-refractivity contribution < 1.29 is 23.9 Å². The summed E-state index contributed by atoms with van der Waals surface area (Å²) >= 11 is 6.45. The van der Waals surface area contributed by atoms with Crippen molar-refractivity contribution in [2.45, 2.75) is 13.2 Å². The molecule has 1 heterocycles. The zero-order chi connectivity index (χ0) is 25.0. The van der Waals surface area contributed by atoms with Gasteiger partial charge in [-0.15, -0.1) is 0 Å². The summed E-state index contributed by atoms with van der Waals surface area (Å²) in [6.07, 6.45) is -0.485. The van der Waals surface area contributed by atoms with Gasteiger partial charge in [0.1, 0.15) is 20.3 Å². The average Bonchev–Trinajstić information content (AvgIpc) is 3.18. The van der Waals surface area contributed by atoms with E-state index in [1.165, 1.54) is 18.4 Å². The number of benzene rings is 3. The molecule has 0 saturated heterocycles. The van der Waals surface area contributed by atoms with Crippen molar-refractivity contribution in [2.24, 2.45) is 12.2 Å². The molecule has 182 valence electrons. The van der Waals surface area contributed by atoms with Crippen LogP contribution in [0.5, 0.6) is 0 Å². The van der Waals surface area contributed by atoms with E-state index in [1.807, 2.05) is 90.5 Å². The van der Waals surface area contributed by atoms with Crippen LogP contribution >= 0.6 is 22.9 Å². The second-order valence-corrected chi connectivity index (χ2v) is 8.42. The predicted octanol–water partition coefficient (Wildman–Crippen LogP) is 6.01. The fraction of sp³-hybridized carbons (Fsp3) is 0.160. The lowest BCUT2D eigenvalue weighted by atomic mass is 10.2. The number of carbonyl (C=O) groups is 2. The molecule has 0 atom stereocenters. The highest BCUT2D eigenvalue weighted by Crippen LogP contribution is 2.21. The third-order valence-corrected chi connectivity index (χ3v) is 5.82. The number of anilines is 1. The van der Waals surface area contributed by atoms with E-state index >= 15 is 0 Å². The van der Waals surface area contributed by atoms with Crippen LogP contribution in [0.2, 0.25) is 0 Å². The maximum Gasteiger partial charge on any atom is 0.411 e. The van der Waals surface area contributed by atoms with Gasteiger partial charge in [0.25, 0.3) is 0 Å². The molecule has 0 spiro atoms. The van der Waals surface area contributed by atoms with Crippen molar-refractivity contribution in [3.63, 3.8) is 0 Å². The van der Waals surface area contributed by atoms with Crippen LogP contribution in [0.15, 0.2) is 84.0 Å². The van der Waals surface area contributed by atoms with E-state index in [-0.39, 0.29) is 13.2 Å². The van der Waals surface area contributed by atoms with Crippen LogP contribution in [-0.2, 0) is 34.6 Å². The molecule has 8 nitrogen and oxygen atoms in total. The first-order chi connectivity index (χ1) is 17.0. The summed E-state index contributed by atoms with van der Waals surface area (Å²) in [5.41, 5.74) is 2.79. The molecule has 1 amide bonds. The summed E-state index contributed by atoms with van der Waals surface area (Å²) in [7, 11) is 3.43. The van der Waals surface area contributed by atoms with Gasteiger partial charge in [-0.2, -0.15) is 0 Å². The maximum absolute atomic E-state index is 11.9. The summed E-state index contributed by atoms with van der Waals surface area (Å²) in [4.78, 5) is 27.7. The number of nitrogens with one attached hydrogen (secondary N) is 1. The normalized spacial score (nSPS) is 10.8. The summed E-state index contributed by atoms with van der Waals surface area (Å²) in [5, 5.41) is 6.71. The van der Waals surface area contributed by atoms with Crippen LogP contribution in [-0.4, -0.2) is 23.2 Å². The number of hydrogen-bond donors (Lipinski definition) is 1. The molecule has 0 bridgehead atoms. The Labute approximate surface area is 211 Å². The molecule has 10 heteroatoms. The molecule has 1 aromatic heterocycles. The molecular weight excluding hydrogens is 490 g/mol. The molecule has 0 aliphatic carbocycles. The Morgan fingerprint density at radius 3 is 2.11 bits per heavy atom. The van der Waals surface area contributed by atoms with Gasteiger partial charge in [0.15, 0.2) is 0 Å². The van der Waals surface area contributed by atoms with Crippen molar-refractivity contribution in [1.29, 1.82) is 0 Å². The number of ether oxygens (including phenoxy) is 2. The number of fused-ring (bicyclic) bond motifs is 1. The van der Waals surface area contributed by atoms with Crippen LogP contribution in [0.3, 0.4) is 0 Å². The third-order valence-electron chi connectivity index (χ3n) is 4.63. The molecule has 4 rings (SSSR count). The first-order valence-corrected chi connectivity index (χ1v) is 11.7. The van der Waals surface area contributed by atoms with E-state index in [0.717, 1.165) is 26.1 Å². The summed E-state index contributed by atoms with van der Waals surface area (Å²) in [6, 6.07) is 24.6. The molecule has 35 heavy (non-hydrogen) atoms. The topological polar surface area (TPSA) is 91.1 Å². The van der Waals surface area contributed by atoms with E-state index < -0.39 is 11.5 Å². The van der Waals surface area contributed by atoms with Gasteiger partial charge in [-0.05, 0) is 29.3 Å². The monoisotopic (exact) mass is 513 g/mol. The van der Waals surface area contributed by atoms with Gasteiger partial charge in [0, 0.05) is 24.3 Å². The van der Waals surface area contributed by atoms with Gasteiger partial charge in [0.2, 0.25) is 4.80 Å². The summed E-state index contributed by atoms with van der Waals surface area (Å²) in [5.74, 6) is 0. The smallest absolute Gasteiger partial charge is 0.411 e. The van der Waals surface area contributed by atoms with E-state index in [9.17, 15) is 9.59 Å². The van der Waals surface area contributed by atoms with E-state index in [1.54, 1.807) is 0 Å². The number of aromatic nitrogens is 1. The van der Waals surface area contributed by atoms with E-state index in [2.05, 4.69) is 15.2 Å². The molecular formula is C25H24ClN3O5S. The number of thiazole rings is 1. The number of amides is 1. The van der Waals surface area contributed by atoms with E-state index in [0.29, 0.717) is 5.69 Å². The molecule has 3 aromatic carbocycles. The molecule has 0 aliphatic heterocycles. The number of carbonyl (C=O) groups excluding carboxylic acids is 2. The van der Waals surface area contributed by atoms with Gasteiger partial charge < -0.3 is 18.9 Å². The SMILES string of the molecule is CO/N=c1/sc2cc(NC(=O)OCc3ccccc3)ccc2n1C.O=C(Cl)OCc1ccccc1. The van der Waals surface area contributed by atoms with Gasteiger partial charge in [-0.1, -0.05) is 77.2 Å². The quantitative estimate of drug-likeness (QED) is 0.252. The maximum atomic E-state index is 11.9. The highest BCUT2D eigenvalue weighted by atomic mass is 35.5. The zero-order valence-corrected chi connectivity index (χ0v) is 20.7. The van der Waals surface area contributed by atoms with Gasteiger partial charge in [0.05, 0.1) is 10.2 Å².